The van der Waals surface area contributed by atoms with Crippen molar-refractivity contribution in [1.29, 1.82) is 0 Å². The fourth-order valence-corrected chi connectivity index (χ4v) is 2.44. The van der Waals surface area contributed by atoms with E-state index in [4.69, 9.17) is 4.74 Å². The van der Waals surface area contributed by atoms with Crippen molar-refractivity contribution in [2.75, 3.05) is 20.1 Å². The van der Waals surface area contributed by atoms with Crippen LogP contribution in [0.5, 0.6) is 0 Å². The third kappa shape index (κ3) is 7.09. The molecule has 25 heavy (non-hydrogen) atoms. The molecule has 0 aromatic heterocycles. The van der Waals surface area contributed by atoms with E-state index in [-0.39, 0.29) is 36.1 Å². The minimum absolute atomic E-state index is 0. The second-order valence-corrected chi connectivity index (χ2v) is 7.14. The summed E-state index contributed by atoms with van der Waals surface area (Å²) in [7, 11) is 1.75. The molecule has 0 saturated carbocycles. The zero-order valence-electron chi connectivity index (χ0n) is 15.6. The van der Waals surface area contributed by atoms with Gasteiger partial charge in [0.25, 0.3) is 0 Å². The van der Waals surface area contributed by atoms with Crippen LogP contribution < -0.4 is 10.6 Å². The molecule has 1 fully saturated rings. The van der Waals surface area contributed by atoms with Crippen molar-refractivity contribution in [2.24, 2.45) is 4.99 Å². The van der Waals surface area contributed by atoms with E-state index in [0.29, 0.717) is 19.6 Å². The Balaban J connectivity index is 0.00000312. The van der Waals surface area contributed by atoms with Crippen molar-refractivity contribution in [2.45, 2.75) is 45.9 Å². The molecule has 0 atom stereocenters. The Morgan fingerprint density at radius 1 is 1.36 bits per heavy atom. The van der Waals surface area contributed by atoms with E-state index >= 15 is 0 Å². The van der Waals surface area contributed by atoms with E-state index in [2.05, 4.69) is 40.7 Å². The van der Waals surface area contributed by atoms with Crippen molar-refractivity contribution in [3.8, 4) is 0 Å². The number of amides is 1. The molecule has 0 bridgehead atoms. The molecular formula is C18H29IN4O2. The number of carbonyl (C=O) groups is 1. The Bertz CT molecular complexity index is 607. The first-order valence-corrected chi connectivity index (χ1v) is 8.27. The van der Waals surface area contributed by atoms with Crippen LogP contribution in [0.1, 0.15) is 31.9 Å². The summed E-state index contributed by atoms with van der Waals surface area (Å²) < 4.78 is 5.35. The number of carbonyl (C=O) groups excluding carboxylic acids is 1. The van der Waals surface area contributed by atoms with E-state index in [1.54, 1.807) is 11.9 Å². The summed E-state index contributed by atoms with van der Waals surface area (Å²) in [5.74, 6) is 0.741. The molecule has 140 valence electrons. The number of halogens is 1. The zero-order valence-corrected chi connectivity index (χ0v) is 18.0. The van der Waals surface area contributed by atoms with Crippen molar-refractivity contribution in [3.05, 3.63) is 35.4 Å². The van der Waals surface area contributed by atoms with Gasteiger partial charge in [-0.1, -0.05) is 29.8 Å². The third-order valence-electron chi connectivity index (χ3n) is 3.64. The summed E-state index contributed by atoms with van der Waals surface area (Å²) in [6, 6.07) is 8.55. The summed E-state index contributed by atoms with van der Waals surface area (Å²) >= 11 is 0. The molecule has 2 rings (SSSR count). The number of benzene rings is 1. The van der Waals surface area contributed by atoms with Gasteiger partial charge in [-0.25, -0.2) is 4.79 Å². The molecule has 1 aromatic rings. The molecule has 7 heteroatoms. The number of nitrogens with one attached hydrogen (secondary N) is 2. The molecule has 0 spiro atoms. The number of rotatable bonds is 3. The molecule has 1 amide bonds. The van der Waals surface area contributed by atoms with Gasteiger partial charge in [0.15, 0.2) is 5.96 Å². The Labute approximate surface area is 167 Å². The molecule has 1 aromatic carbocycles. The average molecular weight is 460 g/mol. The van der Waals surface area contributed by atoms with Crippen LogP contribution >= 0.6 is 24.0 Å². The Hall–Kier alpha value is -1.51. The maximum Gasteiger partial charge on any atom is 0.410 e. The smallest absolute Gasteiger partial charge is 0.410 e. The number of guanidine groups is 1. The van der Waals surface area contributed by atoms with Gasteiger partial charge in [-0.15, -0.1) is 24.0 Å². The fraction of sp³-hybridized carbons (Fsp3) is 0.556. The predicted molar refractivity (Wildman–Crippen MR) is 112 cm³/mol. The summed E-state index contributed by atoms with van der Waals surface area (Å²) in [5.41, 5.74) is 1.99. The average Bonchev–Trinajstić information content (AvgIpc) is 2.43. The number of nitrogens with zero attached hydrogens (tertiary/aromatic N) is 2. The van der Waals surface area contributed by atoms with Gasteiger partial charge in [-0.2, -0.15) is 0 Å². The highest BCUT2D eigenvalue weighted by Crippen LogP contribution is 2.15. The lowest BCUT2D eigenvalue weighted by Gasteiger charge is -2.40. The number of hydrogen-bond acceptors (Lipinski definition) is 3. The molecule has 0 aliphatic carbocycles. The highest BCUT2D eigenvalue weighted by Gasteiger charge is 2.34. The van der Waals surface area contributed by atoms with Gasteiger partial charge >= 0.3 is 6.09 Å². The van der Waals surface area contributed by atoms with Gasteiger partial charge in [0, 0.05) is 26.7 Å². The third-order valence-corrected chi connectivity index (χ3v) is 3.64. The standard InChI is InChI=1S/C18H28N4O2.HI/c1-13-7-6-8-14(9-13)10-20-16(19-5)21-15-11-22(12-15)17(23)24-18(2,3)4;/h6-9,15H,10-12H2,1-5H3,(H2,19,20,21);1H. The van der Waals surface area contributed by atoms with Gasteiger partial charge in [-0.3, -0.25) is 4.99 Å². The number of aryl methyl sites for hydroxylation is 1. The topological polar surface area (TPSA) is 66.0 Å². The Kier molecular flexibility index (Phi) is 7.98. The van der Waals surface area contributed by atoms with Gasteiger partial charge in [0.2, 0.25) is 0 Å². The molecule has 1 aliphatic heterocycles. The SMILES string of the molecule is CN=C(NCc1cccc(C)c1)NC1CN(C(=O)OC(C)(C)C)C1.I. The van der Waals surface area contributed by atoms with Gasteiger partial charge in [-0.05, 0) is 33.3 Å². The summed E-state index contributed by atoms with van der Waals surface area (Å²) in [6.45, 7) is 9.66. The molecular weight excluding hydrogens is 431 g/mol. The lowest BCUT2D eigenvalue weighted by atomic mass is 10.1. The molecule has 1 heterocycles. The van der Waals surface area contributed by atoms with Gasteiger partial charge < -0.3 is 20.3 Å². The zero-order chi connectivity index (χ0) is 17.7. The minimum atomic E-state index is -0.457. The van der Waals surface area contributed by atoms with Crippen LogP contribution in [-0.2, 0) is 11.3 Å². The quantitative estimate of drug-likeness (QED) is 0.414. The van der Waals surface area contributed by atoms with E-state index in [0.717, 1.165) is 5.96 Å². The van der Waals surface area contributed by atoms with Crippen LogP contribution in [0.15, 0.2) is 29.3 Å². The monoisotopic (exact) mass is 460 g/mol. The molecule has 2 N–H and O–H groups in total. The summed E-state index contributed by atoms with van der Waals surface area (Å²) in [4.78, 5) is 17.8. The molecule has 6 nitrogen and oxygen atoms in total. The first-order valence-electron chi connectivity index (χ1n) is 8.27. The number of aliphatic imine (C=N–C) groups is 1. The molecule has 0 unspecified atom stereocenters. The second-order valence-electron chi connectivity index (χ2n) is 7.14. The Morgan fingerprint density at radius 2 is 2.04 bits per heavy atom. The lowest BCUT2D eigenvalue weighted by Crippen LogP contribution is -2.63. The van der Waals surface area contributed by atoms with Crippen LogP contribution in [-0.4, -0.2) is 48.7 Å². The normalized spacial score (nSPS) is 15.1. The number of hydrogen-bond donors (Lipinski definition) is 2. The summed E-state index contributed by atoms with van der Waals surface area (Å²) in [6.07, 6.45) is -0.261. The second kappa shape index (κ2) is 9.26. The van der Waals surface area contributed by atoms with Crippen LogP contribution in [0.4, 0.5) is 4.79 Å². The lowest BCUT2D eigenvalue weighted by molar-refractivity contribution is 0.00701. The van der Waals surface area contributed by atoms with E-state index in [9.17, 15) is 4.79 Å². The summed E-state index contributed by atoms with van der Waals surface area (Å²) in [5, 5.41) is 6.62. The fourth-order valence-electron chi connectivity index (χ4n) is 2.44. The molecule has 0 radical (unpaired) electrons. The van der Waals surface area contributed by atoms with Crippen molar-refractivity contribution in [3.63, 3.8) is 0 Å². The predicted octanol–water partition coefficient (Wildman–Crippen LogP) is 2.90. The first-order chi connectivity index (χ1) is 11.3. The van der Waals surface area contributed by atoms with Crippen LogP contribution in [0.3, 0.4) is 0 Å². The Morgan fingerprint density at radius 3 is 2.60 bits per heavy atom. The van der Waals surface area contributed by atoms with Crippen molar-refractivity contribution >= 4 is 36.0 Å². The van der Waals surface area contributed by atoms with Crippen LogP contribution in [0, 0.1) is 6.92 Å². The first kappa shape index (κ1) is 21.5. The highest BCUT2D eigenvalue weighted by molar-refractivity contribution is 14.0. The minimum Gasteiger partial charge on any atom is -0.444 e. The van der Waals surface area contributed by atoms with Gasteiger partial charge in [0.05, 0.1) is 6.04 Å². The largest absolute Gasteiger partial charge is 0.444 e. The van der Waals surface area contributed by atoms with E-state index in [1.807, 2.05) is 26.8 Å². The van der Waals surface area contributed by atoms with Crippen molar-refractivity contribution in [1.82, 2.24) is 15.5 Å². The van der Waals surface area contributed by atoms with Crippen LogP contribution in [0.2, 0.25) is 0 Å². The molecule has 1 aliphatic rings. The number of ether oxygens (including phenoxy) is 1. The highest BCUT2D eigenvalue weighted by atomic mass is 127. The maximum atomic E-state index is 11.9. The van der Waals surface area contributed by atoms with Crippen molar-refractivity contribution < 1.29 is 9.53 Å². The molecule has 1 saturated heterocycles. The number of likely N-dealkylation sites (tertiary alicyclic amines) is 1. The van der Waals surface area contributed by atoms with E-state index in [1.165, 1.54) is 11.1 Å². The maximum absolute atomic E-state index is 11.9. The van der Waals surface area contributed by atoms with E-state index < -0.39 is 5.60 Å². The van der Waals surface area contributed by atoms with Gasteiger partial charge in [0.1, 0.15) is 5.60 Å². The van der Waals surface area contributed by atoms with Crippen LogP contribution in [0.25, 0.3) is 0 Å².